The number of aliphatic hydroxyl groups excluding tert-OH is 1. The van der Waals surface area contributed by atoms with E-state index in [2.05, 4.69) is 0 Å². The molecular weight excluding hydrogens is 260 g/mol. The number of hydrogen-bond acceptors (Lipinski definition) is 4. The zero-order chi connectivity index (χ0) is 15.4. The molecule has 0 aromatic heterocycles. The molecule has 0 aromatic carbocycles. The first-order valence-corrected chi connectivity index (χ1v) is 6.56. The highest BCUT2D eigenvalue weighted by Gasteiger charge is 2.57. The highest BCUT2D eigenvalue weighted by molar-refractivity contribution is 6.20. The average Bonchev–Trinajstić information content (AvgIpc) is 2.50. The van der Waals surface area contributed by atoms with Crippen molar-refractivity contribution in [3.8, 4) is 0 Å². The molecule has 2 aliphatic rings. The number of fused-ring (bicyclic) bond motifs is 1. The quantitative estimate of drug-likeness (QED) is 0.754. The Morgan fingerprint density at radius 2 is 1.90 bits per heavy atom. The van der Waals surface area contributed by atoms with E-state index in [1.54, 1.807) is 13.8 Å². The Morgan fingerprint density at radius 1 is 1.35 bits per heavy atom. The topological polar surface area (TPSA) is 91.7 Å². The maximum absolute atomic E-state index is 12.1. The van der Waals surface area contributed by atoms with E-state index in [0.29, 0.717) is 5.57 Å². The highest BCUT2D eigenvalue weighted by Crippen LogP contribution is 2.58. The second-order valence-corrected chi connectivity index (χ2v) is 5.87. The average molecular weight is 278 g/mol. The molecule has 0 aliphatic heterocycles. The molecule has 3 atom stereocenters. The molecule has 0 spiro atoms. The van der Waals surface area contributed by atoms with Crippen molar-refractivity contribution in [1.82, 2.24) is 0 Å². The van der Waals surface area contributed by atoms with E-state index < -0.39 is 23.0 Å². The molecule has 0 fully saturated rings. The van der Waals surface area contributed by atoms with Crippen LogP contribution in [0.3, 0.4) is 0 Å². The van der Waals surface area contributed by atoms with Gasteiger partial charge in [-0.1, -0.05) is 12.5 Å². The predicted octanol–water partition coefficient (Wildman–Crippen LogP) is 2.03. The summed E-state index contributed by atoms with van der Waals surface area (Å²) in [5, 5.41) is 19.9. The second-order valence-electron chi connectivity index (χ2n) is 5.87. The molecule has 0 saturated heterocycles. The zero-order valence-electron chi connectivity index (χ0n) is 12.0. The monoisotopic (exact) mass is 278 g/mol. The van der Waals surface area contributed by atoms with E-state index in [-0.39, 0.29) is 35.2 Å². The van der Waals surface area contributed by atoms with Gasteiger partial charge in [-0.3, -0.25) is 9.59 Å². The SMILES string of the molecule is CC(=O)C1=C(O)[C@]2(C)C(C(=O)O)=C(C)[C@@H](C)[C@@H]2CC1=O. The summed E-state index contributed by atoms with van der Waals surface area (Å²) in [7, 11) is 0. The molecule has 5 nitrogen and oxygen atoms in total. The van der Waals surface area contributed by atoms with Crippen LogP contribution in [-0.4, -0.2) is 27.7 Å². The van der Waals surface area contributed by atoms with Crippen LogP contribution >= 0.6 is 0 Å². The molecule has 0 heterocycles. The number of carbonyl (C=O) groups is 3. The van der Waals surface area contributed by atoms with E-state index in [4.69, 9.17) is 0 Å². The number of aliphatic carboxylic acids is 1. The molecule has 2 N–H and O–H groups in total. The van der Waals surface area contributed by atoms with Gasteiger partial charge in [0.2, 0.25) is 0 Å². The van der Waals surface area contributed by atoms with Crippen LogP contribution in [0.25, 0.3) is 0 Å². The van der Waals surface area contributed by atoms with Crippen molar-refractivity contribution >= 4 is 17.5 Å². The lowest BCUT2D eigenvalue weighted by molar-refractivity contribution is -0.135. The Morgan fingerprint density at radius 3 is 2.35 bits per heavy atom. The van der Waals surface area contributed by atoms with Crippen molar-refractivity contribution in [3.05, 3.63) is 22.5 Å². The van der Waals surface area contributed by atoms with Crippen LogP contribution in [0.1, 0.15) is 34.1 Å². The van der Waals surface area contributed by atoms with E-state index >= 15 is 0 Å². The Kier molecular flexibility index (Phi) is 3.11. The van der Waals surface area contributed by atoms with Gasteiger partial charge in [-0.25, -0.2) is 4.79 Å². The third-order valence-electron chi connectivity index (χ3n) is 4.92. The van der Waals surface area contributed by atoms with Crippen molar-refractivity contribution in [1.29, 1.82) is 0 Å². The molecule has 2 rings (SSSR count). The smallest absolute Gasteiger partial charge is 0.332 e. The van der Waals surface area contributed by atoms with Crippen molar-refractivity contribution in [2.24, 2.45) is 17.3 Å². The fourth-order valence-corrected chi connectivity index (χ4v) is 3.75. The van der Waals surface area contributed by atoms with Gasteiger partial charge in [-0.2, -0.15) is 0 Å². The van der Waals surface area contributed by atoms with Crippen LogP contribution in [0.5, 0.6) is 0 Å². The van der Waals surface area contributed by atoms with Crippen molar-refractivity contribution in [2.75, 3.05) is 0 Å². The largest absolute Gasteiger partial charge is 0.510 e. The maximum Gasteiger partial charge on any atom is 0.332 e. The summed E-state index contributed by atoms with van der Waals surface area (Å²) in [4.78, 5) is 35.2. The molecule has 2 aliphatic carbocycles. The van der Waals surface area contributed by atoms with E-state index in [1.807, 2.05) is 6.92 Å². The minimum atomic E-state index is -1.16. The maximum atomic E-state index is 12.1. The van der Waals surface area contributed by atoms with Gasteiger partial charge in [-0.15, -0.1) is 0 Å². The molecule has 0 radical (unpaired) electrons. The Bertz CT molecular complexity index is 595. The Labute approximate surface area is 117 Å². The van der Waals surface area contributed by atoms with Gasteiger partial charge in [-0.05, 0) is 32.6 Å². The van der Waals surface area contributed by atoms with Crippen LogP contribution in [0.4, 0.5) is 0 Å². The van der Waals surface area contributed by atoms with Gasteiger partial charge in [0.1, 0.15) is 5.76 Å². The van der Waals surface area contributed by atoms with Gasteiger partial charge in [0.05, 0.1) is 11.0 Å². The van der Waals surface area contributed by atoms with Crippen LogP contribution in [-0.2, 0) is 14.4 Å². The summed E-state index contributed by atoms with van der Waals surface area (Å²) in [5.74, 6) is -2.84. The fraction of sp³-hybridized carbons (Fsp3) is 0.533. The summed E-state index contributed by atoms with van der Waals surface area (Å²) in [6, 6.07) is 0. The lowest BCUT2D eigenvalue weighted by atomic mass is 9.64. The first-order valence-electron chi connectivity index (χ1n) is 6.56. The molecule has 0 unspecified atom stereocenters. The van der Waals surface area contributed by atoms with Crippen molar-refractivity contribution < 1.29 is 24.6 Å². The molecule has 20 heavy (non-hydrogen) atoms. The van der Waals surface area contributed by atoms with Gasteiger partial charge >= 0.3 is 5.97 Å². The van der Waals surface area contributed by atoms with Crippen LogP contribution in [0, 0.1) is 17.3 Å². The number of rotatable bonds is 2. The van der Waals surface area contributed by atoms with Gasteiger partial charge in [0, 0.05) is 12.0 Å². The molecule has 0 bridgehead atoms. The van der Waals surface area contributed by atoms with E-state index in [9.17, 15) is 24.6 Å². The van der Waals surface area contributed by atoms with Crippen LogP contribution in [0.15, 0.2) is 22.5 Å². The number of carbonyl (C=O) groups excluding carboxylic acids is 2. The summed E-state index contributed by atoms with van der Waals surface area (Å²) >= 11 is 0. The number of Topliss-reactive ketones (excluding diaryl/α,β-unsaturated/α-hetero) is 2. The lowest BCUT2D eigenvalue weighted by Crippen LogP contribution is -2.40. The van der Waals surface area contributed by atoms with Crippen LogP contribution in [0.2, 0.25) is 0 Å². The number of carboxylic acids is 1. The predicted molar refractivity (Wildman–Crippen MR) is 71.1 cm³/mol. The van der Waals surface area contributed by atoms with E-state index in [0.717, 1.165) is 0 Å². The highest BCUT2D eigenvalue weighted by atomic mass is 16.4. The van der Waals surface area contributed by atoms with Crippen molar-refractivity contribution in [2.45, 2.75) is 34.1 Å². The zero-order valence-corrected chi connectivity index (χ0v) is 12.0. The molecule has 0 saturated carbocycles. The minimum Gasteiger partial charge on any atom is -0.510 e. The lowest BCUT2D eigenvalue weighted by Gasteiger charge is -2.38. The number of ketones is 2. The molecular formula is C15H18O5. The third-order valence-corrected chi connectivity index (χ3v) is 4.92. The minimum absolute atomic E-state index is 0.0881. The summed E-state index contributed by atoms with van der Waals surface area (Å²) in [6.07, 6.45) is 0.0881. The van der Waals surface area contributed by atoms with Gasteiger partial charge in [0.25, 0.3) is 0 Å². The summed E-state index contributed by atoms with van der Waals surface area (Å²) < 4.78 is 0. The summed E-state index contributed by atoms with van der Waals surface area (Å²) in [6.45, 7) is 6.39. The number of aliphatic hydroxyl groups is 1. The fourth-order valence-electron chi connectivity index (χ4n) is 3.75. The first kappa shape index (κ1) is 14.5. The standard InChI is InChI=1S/C15H18O5/c1-6-7(2)12(14(19)20)15(4)9(6)5-10(17)11(8(3)16)13(15)18/h6,9,18H,5H2,1-4H3,(H,19,20)/t6-,9+,15+/m1/s1. The first-order chi connectivity index (χ1) is 9.13. The van der Waals surface area contributed by atoms with Gasteiger partial charge in [0.15, 0.2) is 11.6 Å². The Hall–Kier alpha value is -1.91. The Balaban J connectivity index is 2.76. The van der Waals surface area contributed by atoms with Gasteiger partial charge < -0.3 is 10.2 Å². The molecule has 5 heteroatoms. The number of carboxylic acid groups (broad SMARTS) is 1. The van der Waals surface area contributed by atoms with E-state index in [1.165, 1.54) is 6.92 Å². The normalized spacial score (nSPS) is 33.5. The number of hydrogen-bond donors (Lipinski definition) is 2. The second kappa shape index (κ2) is 4.30. The molecule has 0 aromatic rings. The van der Waals surface area contributed by atoms with Crippen molar-refractivity contribution in [3.63, 3.8) is 0 Å². The molecule has 0 amide bonds. The third kappa shape index (κ3) is 1.58. The molecule has 108 valence electrons. The number of allylic oxidation sites excluding steroid dienone is 3. The van der Waals surface area contributed by atoms with Crippen LogP contribution < -0.4 is 0 Å². The summed E-state index contributed by atoms with van der Waals surface area (Å²) in [5.41, 5.74) is -0.637.